The SMILES string of the molecule is NC(N)=S.O=[PH](O)O. The van der Waals surface area contributed by atoms with Crippen LogP contribution in [0.25, 0.3) is 0 Å². The molecule has 0 aliphatic rings. The second-order valence-corrected chi connectivity index (χ2v) is 1.72. The molecule has 0 aromatic rings. The van der Waals surface area contributed by atoms with E-state index in [1.54, 1.807) is 0 Å². The van der Waals surface area contributed by atoms with Crippen LogP contribution in [0, 0.1) is 0 Å². The Morgan fingerprint density at radius 1 is 1.50 bits per heavy atom. The average Bonchev–Trinajstić information content (AvgIpc) is 1.25. The second kappa shape index (κ2) is 6.84. The minimum atomic E-state index is -3.13. The van der Waals surface area contributed by atoms with Crippen LogP contribution < -0.4 is 11.5 Å². The highest BCUT2D eigenvalue weighted by Crippen LogP contribution is 1.98. The summed E-state index contributed by atoms with van der Waals surface area (Å²) >= 11 is 4.09. The minimum absolute atomic E-state index is 0.000000000000000222. The van der Waals surface area contributed by atoms with Gasteiger partial charge in [-0.3, -0.25) is 4.57 Å². The van der Waals surface area contributed by atoms with E-state index in [1.165, 1.54) is 0 Å². The van der Waals surface area contributed by atoms with Crippen LogP contribution in [0.4, 0.5) is 0 Å². The lowest BCUT2D eigenvalue weighted by molar-refractivity contribution is 0.405. The van der Waals surface area contributed by atoms with Crippen molar-refractivity contribution in [2.24, 2.45) is 11.5 Å². The largest absolute Gasteiger partial charge is 0.377 e. The van der Waals surface area contributed by atoms with Gasteiger partial charge in [0.25, 0.3) is 0 Å². The van der Waals surface area contributed by atoms with Gasteiger partial charge < -0.3 is 21.3 Å². The first-order valence-corrected chi connectivity index (χ1v) is 3.14. The van der Waals surface area contributed by atoms with E-state index in [-0.39, 0.29) is 5.11 Å². The monoisotopic (exact) mass is 158 g/mol. The molecular formula is CH7N2O3PS. The third-order valence-corrected chi connectivity index (χ3v) is 0. The Labute approximate surface area is 52.3 Å². The van der Waals surface area contributed by atoms with Crippen molar-refractivity contribution in [1.29, 1.82) is 0 Å². The second-order valence-electron chi connectivity index (χ2n) is 0.685. The summed E-state index contributed by atoms with van der Waals surface area (Å²) in [5.41, 5.74) is 9.24. The van der Waals surface area contributed by atoms with Crippen LogP contribution >= 0.6 is 20.5 Å². The number of nitrogens with two attached hydrogens (primary N) is 2. The van der Waals surface area contributed by atoms with E-state index in [2.05, 4.69) is 23.7 Å². The van der Waals surface area contributed by atoms with Crippen molar-refractivity contribution in [2.75, 3.05) is 0 Å². The molecule has 0 aliphatic carbocycles. The smallest absolute Gasteiger partial charge is 0.314 e. The molecule has 0 saturated carbocycles. The Balaban J connectivity index is 0. The molecule has 0 radical (unpaired) electrons. The zero-order valence-corrected chi connectivity index (χ0v) is 5.68. The number of thiocarbonyl (C=S) groups is 1. The molecule has 0 aliphatic heterocycles. The van der Waals surface area contributed by atoms with Crippen molar-refractivity contribution in [2.45, 2.75) is 0 Å². The van der Waals surface area contributed by atoms with Crippen LogP contribution in [-0.4, -0.2) is 14.9 Å². The summed E-state index contributed by atoms with van der Waals surface area (Å²) < 4.78 is 8.74. The zero-order chi connectivity index (χ0) is 7.15. The maximum atomic E-state index is 8.74. The molecule has 6 N–H and O–H groups in total. The van der Waals surface area contributed by atoms with E-state index in [0.29, 0.717) is 0 Å². The van der Waals surface area contributed by atoms with Gasteiger partial charge >= 0.3 is 8.25 Å². The number of rotatable bonds is 0. The normalized spacial score (nSPS) is 7.38. The van der Waals surface area contributed by atoms with Crippen molar-refractivity contribution < 1.29 is 14.4 Å². The molecule has 0 rings (SSSR count). The summed E-state index contributed by atoms with van der Waals surface area (Å²) in [6.45, 7) is 0. The van der Waals surface area contributed by atoms with Gasteiger partial charge in [0, 0.05) is 0 Å². The van der Waals surface area contributed by atoms with Gasteiger partial charge in [0.2, 0.25) is 0 Å². The average molecular weight is 158 g/mol. The maximum Gasteiger partial charge on any atom is 0.314 e. The van der Waals surface area contributed by atoms with E-state index in [9.17, 15) is 0 Å². The van der Waals surface area contributed by atoms with Crippen LogP contribution in [0.15, 0.2) is 0 Å². The van der Waals surface area contributed by atoms with Crippen LogP contribution in [0.1, 0.15) is 0 Å². The lowest BCUT2D eigenvalue weighted by Crippen LogP contribution is -2.18. The lowest BCUT2D eigenvalue weighted by Gasteiger charge is -1.68. The summed E-state index contributed by atoms with van der Waals surface area (Å²) in [5, 5.41) is 0.000000000000000222. The van der Waals surface area contributed by atoms with E-state index < -0.39 is 8.25 Å². The molecule has 0 fully saturated rings. The summed E-state index contributed by atoms with van der Waals surface area (Å²) in [7, 11) is -3.13. The molecular weight excluding hydrogens is 151 g/mol. The van der Waals surface area contributed by atoms with Crippen LogP contribution in [-0.2, 0) is 4.57 Å². The van der Waals surface area contributed by atoms with Gasteiger partial charge in [-0.15, -0.1) is 0 Å². The van der Waals surface area contributed by atoms with Gasteiger partial charge in [0.05, 0.1) is 0 Å². The van der Waals surface area contributed by atoms with Crippen molar-refractivity contribution in [3.05, 3.63) is 0 Å². The summed E-state index contributed by atoms with van der Waals surface area (Å²) in [4.78, 5) is 14.3. The fourth-order valence-electron chi connectivity index (χ4n) is 0. The molecule has 0 spiro atoms. The third-order valence-electron chi connectivity index (χ3n) is 0. The highest BCUT2D eigenvalue weighted by Gasteiger charge is 1.61. The predicted octanol–water partition coefficient (Wildman–Crippen LogP) is -1.45. The molecule has 8 heavy (non-hydrogen) atoms. The standard InChI is InChI=1S/CH4N2S.H3O3P/c2-1(3)4;1-4(2)3/h(H4,2,3,4);4H,(H2,1,2,3). The Kier molecular flexibility index (Phi) is 9.20. The van der Waals surface area contributed by atoms with E-state index in [4.69, 9.17) is 14.4 Å². The first-order valence-electron chi connectivity index (χ1n) is 1.43. The van der Waals surface area contributed by atoms with Gasteiger partial charge in [0.1, 0.15) is 0 Å². The van der Waals surface area contributed by atoms with Crippen LogP contribution in [0.2, 0.25) is 0 Å². The van der Waals surface area contributed by atoms with Crippen LogP contribution in [0.5, 0.6) is 0 Å². The van der Waals surface area contributed by atoms with Crippen LogP contribution in [0.3, 0.4) is 0 Å². The Hall–Kier alpha value is -0.160. The summed E-state index contributed by atoms with van der Waals surface area (Å²) in [6.07, 6.45) is 0. The lowest BCUT2D eigenvalue weighted by atomic mass is 11.3. The highest BCUT2D eigenvalue weighted by atomic mass is 32.1. The van der Waals surface area contributed by atoms with E-state index >= 15 is 0 Å². The number of hydrogen-bond acceptors (Lipinski definition) is 2. The van der Waals surface area contributed by atoms with Crippen molar-refractivity contribution >= 4 is 25.6 Å². The Morgan fingerprint density at radius 2 is 1.50 bits per heavy atom. The molecule has 0 aromatic carbocycles. The van der Waals surface area contributed by atoms with E-state index in [0.717, 1.165) is 0 Å². The Morgan fingerprint density at radius 3 is 1.50 bits per heavy atom. The summed E-state index contributed by atoms with van der Waals surface area (Å²) in [5.74, 6) is 0. The molecule has 0 bridgehead atoms. The van der Waals surface area contributed by atoms with Crippen molar-refractivity contribution in [3.8, 4) is 0 Å². The third kappa shape index (κ3) is 5340. The Bertz CT molecular complexity index is 75.3. The van der Waals surface area contributed by atoms with Gasteiger partial charge in [-0.1, -0.05) is 0 Å². The highest BCUT2D eigenvalue weighted by molar-refractivity contribution is 7.80. The summed E-state index contributed by atoms with van der Waals surface area (Å²) in [6, 6.07) is 0. The quantitative estimate of drug-likeness (QED) is 0.253. The first kappa shape index (κ1) is 10.8. The molecule has 7 heteroatoms. The van der Waals surface area contributed by atoms with E-state index in [1.807, 2.05) is 0 Å². The molecule has 5 nitrogen and oxygen atoms in total. The molecule has 0 heterocycles. The van der Waals surface area contributed by atoms with Gasteiger partial charge in [-0.25, -0.2) is 0 Å². The van der Waals surface area contributed by atoms with Crippen molar-refractivity contribution in [1.82, 2.24) is 0 Å². The first-order chi connectivity index (χ1) is 3.46. The van der Waals surface area contributed by atoms with Gasteiger partial charge in [0.15, 0.2) is 5.11 Å². The topological polar surface area (TPSA) is 110 Å². The molecule has 0 unspecified atom stereocenters. The fourth-order valence-corrected chi connectivity index (χ4v) is 0. The minimum Gasteiger partial charge on any atom is -0.377 e. The molecule has 50 valence electrons. The predicted molar refractivity (Wildman–Crippen MR) is 34.4 cm³/mol. The number of hydrogen-bond donors (Lipinski definition) is 4. The molecule has 0 aromatic heterocycles. The van der Waals surface area contributed by atoms with Gasteiger partial charge in [-0.05, 0) is 12.2 Å². The molecule has 0 amide bonds. The zero-order valence-electron chi connectivity index (χ0n) is 3.87. The maximum absolute atomic E-state index is 8.74. The van der Waals surface area contributed by atoms with Crippen molar-refractivity contribution in [3.63, 3.8) is 0 Å². The molecule has 0 saturated heterocycles. The fraction of sp³-hybridized carbons (Fsp3) is 0. The van der Waals surface area contributed by atoms with Gasteiger partial charge in [-0.2, -0.15) is 0 Å². The molecule has 0 atom stereocenters.